The lowest BCUT2D eigenvalue weighted by Crippen LogP contribution is -1.82. The van der Waals surface area contributed by atoms with Crippen LogP contribution >= 0.6 is 23.2 Å². The Hall–Kier alpha value is -1.51. The monoisotopic (exact) mass is 265 g/mol. The van der Waals surface area contributed by atoms with Crippen LogP contribution in [0.25, 0.3) is 0 Å². The van der Waals surface area contributed by atoms with Crippen LogP contribution in [0.4, 0.5) is 5.69 Å². The van der Waals surface area contributed by atoms with Crippen molar-refractivity contribution in [3.05, 3.63) is 58.1 Å². The summed E-state index contributed by atoms with van der Waals surface area (Å²) in [5.74, 6) is -0.106. The molecule has 2 nitrogen and oxygen atoms in total. The summed E-state index contributed by atoms with van der Waals surface area (Å²) in [5.41, 5.74) is 1.58. The number of nitrogens with zero attached hydrogens (tertiary/aromatic N) is 1. The maximum Gasteiger partial charge on any atom is 0.152 e. The zero-order valence-electron chi connectivity index (χ0n) is 8.77. The zero-order valence-corrected chi connectivity index (χ0v) is 10.3. The number of hydrogen-bond donors (Lipinski definition) is 1. The van der Waals surface area contributed by atoms with Crippen LogP contribution in [0.15, 0.2) is 47.5 Å². The van der Waals surface area contributed by atoms with E-state index in [9.17, 15) is 5.11 Å². The molecule has 0 spiro atoms. The molecule has 4 heteroatoms. The average Bonchev–Trinajstić information content (AvgIpc) is 2.34. The van der Waals surface area contributed by atoms with Gasteiger partial charge in [0.15, 0.2) is 5.75 Å². The third-order valence-electron chi connectivity index (χ3n) is 2.16. The molecule has 0 bridgehead atoms. The minimum Gasteiger partial charge on any atom is -0.505 e. The molecule has 0 atom stereocenters. The van der Waals surface area contributed by atoms with E-state index in [1.807, 2.05) is 30.3 Å². The van der Waals surface area contributed by atoms with Crippen molar-refractivity contribution in [2.24, 2.45) is 4.99 Å². The van der Waals surface area contributed by atoms with Crippen LogP contribution in [-0.4, -0.2) is 11.3 Å². The Morgan fingerprint density at radius 2 is 1.59 bits per heavy atom. The Balaban J connectivity index is 2.28. The van der Waals surface area contributed by atoms with Crippen molar-refractivity contribution < 1.29 is 5.11 Å². The van der Waals surface area contributed by atoms with Gasteiger partial charge in [0, 0.05) is 6.21 Å². The topological polar surface area (TPSA) is 32.6 Å². The fraction of sp³-hybridized carbons (Fsp3) is 0. The maximum absolute atomic E-state index is 9.41. The summed E-state index contributed by atoms with van der Waals surface area (Å²) in [6.45, 7) is 0. The molecule has 0 unspecified atom stereocenters. The van der Waals surface area contributed by atoms with Gasteiger partial charge in [0.05, 0.1) is 15.7 Å². The Labute approximate surface area is 109 Å². The van der Waals surface area contributed by atoms with Crippen molar-refractivity contribution in [1.29, 1.82) is 0 Å². The van der Waals surface area contributed by atoms with Crippen molar-refractivity contribution in [3.8, 4) is 5.75 Å². The van der Waals surface area contributed by atoms with Gasteiger partial charge in [-0.2, -0.15) is 0 Å². The lowest BCUT2D eigenvalue weighted by molar-refractivity contribution is 0.476. The molecule has 0 amide bonds. The first kappa shape index (κ1) is 12.0. The highest BCUT2D eigenvalue weighted by atomic mass is 35.5. The van der Waals surface area contributed by atoms with Crippen molar-refractivity contribution >= 4 is 35.1 Å². The van der Waals surface area contributed by atoms with Gasteiger partial charge in [-0.15, -0.1) is 0 Å². The van der Waals surface area contributed by atoms with E-state index in [-0.39, 0.29) is 15.8 Å². The molecule has 0 aliphatic rings. The predicted octanol–water partition coefficient (Wildman–Crippen LogP) is 4.45. The fourth-order valence-corrected chi connectivity index (χ4v) is 1.83. The molecule has 0 aliphatic heterocycles. The summed E-state index contributed by atoms with van der Waals surface area (Å²) in [5, 5.41) is 9.84. The number of phenols is 1. The van der Waals surface area contributed by atoms with Crippen LogP contribution in [0.1, 0.15) is 5.56 Å². The van der Waals surface area contributed by atoms with E-state index in [4.69, 9.17) is 23.2 Å². The van der Waals surface area contributed by atoms with Gasteiger partial charge in [0.25, 0.3) is 0 Å². The zero-order chi connectivity index (χ0) is 12.3. The summed E-state index contributed by atoms with van der Waals surface area (Å²) in [6, 6.07) is 12.7. The minimum absolute atomic E-state index is 0.106. The number of hydrogen-bond acceptors (Lipinski definition) is 2. The predicted molar refractivity (Wildman–Crippen MR) is 71.8 cm³/mol. The Morgan fingerprint density at radius 3 is 2.18 bits per heavy atom. The molecule has 0 heterocycles. The van der Waals surface area contributed by atoms with Crippen LogP contribution in [0, 0.1) is 0 Å². The van der Waals surface area contributed by atoms with Gasteiger partial charge in [-0.1, -0.05) is 41.4 Å². The van der Waals surface area contributed by atoms with Crippen LogP contribution in [0.3, 0.4) is 0 Å². The Kier molecular flexibility index (Phi) is 3.67. The number of halogens is 2. The quantitative estimate of drug-likeness (QED) is 0.800. The van der Waals surface area contributed by atoms with Crippen LogP contribution in [0.2, 0.25) is 10.0 Å². The summed E-state index contributed by atoms with van der Waals surface area (Å²) >= 11 is 11.6. The van der Waals surface area contributed by atoms with Gasteiger partial charge < -0.3 is 5.11 Å². The van der Waals surface area contributed by atoms with Gasteiger partial charge in [0.2, 0.25) is 0 Å². The highest BCUT2D eigenvalue weighted by molar-refractivity contribution is 6.37. The SMILES string of the molecule is Oc1c(Cl)cc(C=Nc2ccccc2)cc1Cl. The van der Waals surface area contributed by atoms with E-state index in [1.165, 1.54) is 0 Å². The smallest absolute Gasteiger partial charge is 0.152 e. The first-order chi connectivity index (χ1) is 8.16. The lowest BCUT2D eigenvalue weighted by Gasteiger charge is -2.01. The molecule has 0 saturated heterocycles. The Bertz CT molecular complexity index is 530. The molecule has 0 saturated carbocycles. The molecule has 17 heavy (non-hydrogen) atoms. The molecule has 1 N–H and O–H groups in total. The number of aliphatic imine (C=N–C) groups is 1. The molecule has 2 rings (SSSR count). The van der Waals surface area contributed by atoms with Crippen molar-refractivity contribution in [2.75, 3.05) is 0 Å². The van der Waals surface area contributed by atoms with E-state index in [0.29, 0.717) is 0 Å². The molecule has 2 aromatic carbocycles. The van der Waals surface area contributed by atoms with E-state index in [1.54, 1.807) is 18.3 Å². The number of phenolic OH excluding ortho intramolecular Hbond substituents is 1. The van der Waals surface area contributed by atoms with Gasteiger partial charge in [-0.3, -0.25) is 4.99 Å². The normalized spacial score (nSPS) is 10.9. The highest BCUT2D eigenvalue weighted by Gasteiger charge is 2.04. The number of rotatable bonds is 2. The molecule has 0 aliphatic carbocycles. The fourth-order valence-electron chi connectivity index (χ4n) is 1.32. The van der Waals surface area contributed by atoms with Crippen LogP contribution in [0.5, 0.6) is 5.75 Å². The standard InChI is InChI=1S/C13H9Cl2NO/c14-11-6-9(7-12(15)13(11)17)8-16-10-4-2-1-3-5-10/h1-8,17H. The third kappa shape index (κ3) is 2.99. The van der Waals surface area contributed by atoms with E-state index < -0.39 is 0 Å². The molecule has 0 fully saturated rings. The largest absolute Gasteiger partial charge is 0.505 e. The summed E-state index contributed by atoms with van der Waals surface area (Å²) in [4.78, 5) is 4.26. The van der Waals surface area contributed by atoms with Gasteiger partial charge in [-0.25, -0.2) is 0 Å². The highest BCUT2D eigenvalue weighted by Crippen LogP contribution is 2.32. The van der Waals surface area contributed by atoms with E-state index in [2.05, 4.69) is 4.99 Å². The second-order valence-corrected chi connectivity index (χ2v) is 4.24. The second-order valence-electron chi connectivity index (χ2n) is 3.43. The number of benzene rings is 2. The number of aromatic hydroxyl groups is 1. The molecule has 0 radical (unpaired) electrons. The van der Waals surface area contributed by atoms with Crippen molar-refractivity contribution in [1.82, 2.24) is 0 Å². The average molecular weight is 266 g/mol. The van der Waals surface area contributed by atoms with Crippen LogP contribution in [-0.2, 0) is 0 Å². The van der Waals surface area contributed by atoms with E-state index in [0.717, 1.165) is 11.3 Å². The lowest BCUT2D eigenvalue weighted by atomic mass is 10.2. The molecule has 0 aromatic heterocycles. The second kappa shape index (κ2) is 5.21. The summed E-state index contributed by atoms with van der Waals surface area (Å²) < 4.78 is 0. The van der Waals surface area contributed by atoms with Crippen molar-refractivity contribution in [2.45, 2.75) is 0 Å². The first-order valence-corrected chi connectivity index (χ1v) is 5.69. The van der Waals surface area contributed by atoms with Crippen molar-refractivity contribution in [3.63, 3.8) is 0 Å². The molecular weight excluding hydrogens is 257 g/mol. The van der Waals surface area contributed by atoms with Gasteiger partial charge in [0.1, 0.15) is 0 Å². The van der Waals surface area contributed by atoms with Gasteiger partial charge in [-0.05, 0) is 29.8 Å². The summed E-state index contributed by atoms with van der Waals surface area (Å²) in [7, 11) is 0. The number of para-hydroxylation sites is 1. The maximum atomic E-state index is 9.41. The van der Waals surface area contributed by atoms with E-state index >= 15 is 0 Å². The molecule has 2 aromatic rings. The minimum atomic E-state index is -0.106. The molecular formula is C13H9Cl2NO. The third-order valence-corrected chi connectivity index (χ3v) is 2.73. The first-order valence-electron chi connectivity index (χ1n) is 4.94. The van der Waals surface area contributed by atoms with Crippen LogP contribution < -0.4 is 0 Å². The summed E-state index contributed by atoms with van der Waals surface area (Å²) in [6.07, 6.45) is 1.65. The molecule has 86 valence electrons. The van der Waals surface area contributed by atoms with Gasteiger partial charge >= 0.3 is 0 Å². The Morgan fingerprint density at radius 1 is 1.00 bits per heavy atom.